The van der Waals surface area contributed by atoms with E-state index in [9.17, 15) is 14.4 Å². The van der Waals surface area contributed by atoms with Crippen LogP contribution < -0.4 is 0 Å². The highest BCUT2D eigenvalue weighted by Gasteiger charge is 2.19. The summed E-state index contributed by atoms with van der Waals surface area (Å²) in [6.45, 7) is 6.37. The maximum atomic E-state index is 12.9. The Morgan fingerprint density at radius 3 is 0.808 bits per heavy atom. The molecule has 78 heavy (non-hydrogen) atoms. The second kappa shape index (κ2) is 65.1. The molecule has 0 bridgehead atoms. The summed E-state index contributed by atoms with van der Waals surface area (Å²) in [4.78, 5) is 38.4. The van der Waals surface area contributed by atoms with Crippen LogP contribution in [0.25, 0.3) is 0 Å². The fourth-order valence-corrected chi connectivity index (χ4v) is 8.65. The number of carbonyl (C=O) groups excluding carboxylic acids is 3. The molecule has 0 aromatic rings. The highest BCUT2D eigenvalue weighted by molar-refractivity contribution is 5.71. The predicted octanol–water partition coefficient (Wildman–Crippen LogP) is 22.2. The van der Waals surface area contributed by atoms with Crippen molar-refractivity contribution in [1.29, 1.82) is 0 Å². The Labute approximate surface area is 481 Å². The first kappa shape index (κ1) is 73.5. The number of carbonyl (C=O) groups is 3. The van der Waals surface area contributed by atoms with Crippen LogP contribution in [-0.2, 0) is 28.6 Å². The van der Waals surface area contributed by atoms with Gasteiger partial charge in [-0.15, -0.1) is 0 Å². The fraction of sp³-hybridized carbons (Fsp3) is 0.653. The van der Waals surface area contributed by atoms with Gasteiger partial charge in [0.1, 0.15) is 13.2 Å². The molecule has 0 spiro atoms. The topological polar surface area (TPSA) is 78.9 Å². The first-order chi connectivity index (χ1) is 38.5. The van der Waals surface area contributed by atoms with Crippen molar-refractivity contribution in [3.8, 4) is 0 Å². The molecule has 1 unspecified atom stereocenters. The third kappa shape index (κ3) is 62.4. The van der Waals surface area contributed by atoms with Crippen LogP contribution in [0.1, 0.15) is 284 Å². The lowest BCUT2D eigenvalue weighted by Gasteiger charge is -2.18. The summed E-state index contributed by atoms with van der Waals surface area (Å²) in [7, 11) is 0. The average Bonchev–Trinajstić information content (AvgIpc) is 3.44. The summed E-state index contributed by atoms with van der Waals surface area (Å²) in [5.41, 5.74) is 0. The molecule has 0 fully saturated rings. The van der Waals surface area contributed by atoms with E-state index in [-0.39, 0.29) is 31.1 Å². The minimum absolute atomic E-state index is 0.111. The van der Waals surface area contributed by atoms with Gasteiger partial charge in [0.2, 0.25) is 0 Å². The Morgan fingerprint density at radius 2 is 0.500 bits per heavy atom. The second-order valence-electron chi connectivity index (χ2n) is 20.9. The lowest BCUT2D eigenvalue weighted by Crippen LogP contribution is -2.30. The number of rotatable bonds is 57. The van der Waals surface area contributed by atoms with E-state index in [1.165, 1.54) is 109 Å². The van der Waals surface area contributed by atoms with E-state index >= 15 is 0 Å². The average molecular weight is 1080 g/mol. The van der Waals surface area contributed by atoms with E-state index in [4.69, 9.17) is 14.2 Å². The van der Waals surface area contributed by atoms with Crippen LogP contribution in [0, 0.1) is 0 Å². The first-order valence-corrected chi connectivity index (χ1v) is 32.2. The standard InChI is InChI=1S/C72H118O6/c1-4-7-10-13-16-19-22-25-28-31-34-36-39-41-44-47-50-53-56-59-62-65-71(74)77-68-69(67-76-70(73)64-61-58-55-52-49-46-43-40-37-33-30-27-24-21-18-15-12-9-6-3)78-72(75)66-63-60-57-54-51-48-45-42-38-35-32-29-26-23-20-17-14-11-8-5-2/h7,9-10,12,16,18-19,21,25,27-28,30,34,36-37,40-41,44,46,49-50,53,69H,4-6,8,11,13-15,17,20,22-24,26,29,31-33,35,38-39,42-43,45,47-48,51-52,54-68H2,1-3H3/b10-7-,12-9-,19-16-,21-18-,28-25-,30-27-,36-34-,40-37-,44-41-,49-46-,53-50-. The van der Waals surface area contributed by atoms with Gasteiger partial charge in [-0.2, -0.15) is 0 Å². The maximum Gasteiger partial charge on any atom is 0.306 e. The molecule has 0 aliphatic heterocycles. The van der Waals surface area contributed by atoms with Gasteiger partial charge in [-0.25, -0.2) is 0 Å². The number of esters is 3. The van der Waals surface area contributed by atoms with Crippen LogP contribution >= 0.6 is 0 Å². The van der Waals surface area contributed by atoms with E-state index in [1.54, 1.807) is 0 Å². The molecule has 442 valence electrons. The molecule has 0 radical (unpaired) electrons. The third-order valence-electron chi connectivity index (χ3n) is 13.4. The van der Waals surface area contributed by atoms with Crippen LogP contribution in [-0.4, -0.2) is 37.2 Å². The minimum atomic E-state index is -0.815. The van der Waals surface area contributed by atoms with Crippen molar-refractivity contribution in [3.63, 3.8) is 0 Å². The van der Waals surface area contributed by atoms with Crippen LogP contribution in [0.5, 0.6) is 0 Å². The van der Waals surface area contributed by atoms with Gasteiger partial charge in [0.05, 0.1) is 0 Å². The van der Waals surface area contributed by atoms with Gasteiger partial charge in [0.25, 0.3) is 0 Å². The molecule has 0 saturated carbocycles. The van der Waals surface area contributed by atoms with Crippen molar-refractivity contribution in [1.82, 2.24) is 0 Å². The van der Waals surface area contributed by atoms with Crippen molar-refractivity contribution in [2.24, 2.45) is 0 Å². The Morgan fingerprint density at radius 1 is 0.269 bits per heavy atom. The molecule has 6 heteroatoms. The van der Waals surface area contributed by atoms with Crippen molar-refractivity contribution < 1.29 is 28.6 Å². The van der Waals surface area contributed by atoms with Gasteiger partial charge < -0.3 is 14.2 Å². The van der Waals surface area contributed by atoms with Gasteiger partial charge in [0.15, 0.2) is 6.10 Å². The van der Waals surface area contributed by atoms with Crippen LogP contribution in [0.15, 0.2) is 134 Å². The summed E-state index contributed by atoms with van der Waals surface area (Å²) in [6.07, 6.45) is 91.7. The zero-order valence-electron chi connectivity index (χ0n) is 50.6. The molecule has 0 amide bonds. The second-order valence-corrected chi connectivity index (χ2v) is 20.9. The SMILES string of the molecule is CC/C=C\C/C=C\C/C=C\C/C=C\C/C=C\C/C=C\CCCCC(=O)OCC(COC(=O)CCCCC/C=C\C/C=C\C/C=C\C/C=C\C/C=C\CC)OC(=O)CCCCCCCCCCCCCCCCCCCCCC. The molecular formula is C72H118O6. The minimum Gasteiger partial charge on any atom is -0.462 e. The largest absolute Gasteiger partial charge is 0.462 e. The first-order valence-electron chi connectivity index (χ1n) is 32.2. The lowest BCUT2D eigenvalue weighted by atomic mass is 10.0. The quantitative estimate of drug-likeness (QED) is 0.0261. The van der Waals surface area contributed by atoms with Gasteiger partial charge in [-0.05, 0) is 116 Å². The van der Waals surface area contributed by atoms with Gasteiger partial charge in [0, 0.05) is 19.3 Å². The summed E-state index contributed by atoms with van der Waals surface area (Å²) in [5.74, 6) is -0.978. The molecule has 0 N–H and O–H groups in total. The molecule has 0 aliphatic rings. The smallest absolute Gasteiger partial charge is 0.306 e. The Balaban J connectivity index is 4.52. The fourth-order valence-electron chi connectivity index (χ4n) is 8.65. The van der Waals surface area contributed by atoms with Crippen molar-refractivity contribution >= 4 is 17.9 Å². The highest BCUT2D eigenvalue weighted by atomic mass is 16.6. The van der Waals surface area contributed by atoms with Gasteiger partial charge >= 0.3 is 17.9 Å². The van der Waals surface area contributed by atoms with Crippen molar-refractivity contribution in [3.05, 3.63) is 134 Å². The van der Waals surface area contributed by atoms with E-state index in [0.717, 1.165) is 128 Å². The number of unbranched alkanes of at least 4 members (excludes halogenated alkanes) is 24. The Bertz CT molecular complexity index is 1670. The Kier molecular flexibility index (Phi) is 61.4. The molecule has 0 aromatic carbocycles. The van der Waals surface area contributed by atoms with E-state index in [1.807, 2.05) is 0 Å². The normalized spacial score (nSPS) is 13.0. The van der Waals surface area contributed by atoms with E-state index in [0.29, 0.717) is 25.7 Å². The molecule has 6 nitrogen and oxygen atoms in total. The summed E-state index contributed by atoms with van der Waals surface area (Å²) < 4.78 is 16.9. The van der Waals surface area contributed by atoms with Crippen molar-refractivity contribution in [2.45, 2.75) is 290 Å². The third-order valence-corrected chi connectivity index (χ3v) is 13.4. The molecule has 0 aliphatic carbocycles. The highest BCUT2D eigenvalue weighted by Crippen LogP contribution is 2.16. The monoisotopic (exact) mass is 1080 g/mol. The summed E-state index contributed by atoms with van der Waals surface area (Å²) in [6, 6.07) is 0. The summed E-state index contributed by atoms with van der Waals surface area (Å²) in [5, 5.41) is 0. The molecule has 0 heterocycles. The number of ether oxygens (including phenoxy) is 3. The zero-order chi connectivity index (χ0) is 56.4. The van der Waals surface area contributed by atoms with Crippen LogP contribution in [0.4, 0.5) is 0 Å². The lowest BCUT2D eigenvalue weighted by molar-refractivity contribution is -0.167. The molecule has 0 rings (SSSR count). The van der Waals surface area contributed by atoms with E-state index in [2.05, 4.69) is 154 Å². The zero-order valence-corrected chi connectivity index (χ0v) is 50.6. The molecule has 1 atom stereocenters. The van der Waals surface area contributed by atoms with Gasteiger partial charge in [-0.1, -0.05) is 283 Å². The maximum absolute atomic E-state index is 12.9. The van der Waals surface area contributed by atoms with Gasteiger partial charge in [-0.3, -0.25) is 14.4 Å². The number of allylic oxidation sites excluding steroid dienone is 22. The predicted molar refractivity (Wildman–Crippen MR) is 339 cm³/mol. The van der Waals surface area contributed by atoms with Crippen molar-refractivity contribution in [2.75, 3.05) is 13.2 Å². The number of hydrogen-bond acceptors (Lipinski definition) is 6. The van der Waals surface area contributed by atoms with Crippen LogP contribution in [0.2, 0.25) is 0 Å². The number of hydrogen-bond donors (Lipinski definition) is 0. The molecule has 0 aromatic heterocycles. The Hall–Kier alpha value is -4.45. The van der Waals surface area contributed by atoms with Crippen LogP contribution in [0.3, 0.4) is 0 Å². The molecular weight excluding hydrogens is 961 g/mol. The van der Waals surface area contributed by atoms with E-state index < -0.39 is 6.10 Å². The molecule has 0 saturated heterocycles. The summed E-state index contributed by atoms with van der Waals surface area (Å²) >= 11 is 0.